The van der Waals surface area contributed by atoms with Crippen LogP contribution in [0.1, 0.15) is 16.1 Å². The standard InChI is InChI=1S/C19H17N3OS/c1-21(11-15-9-13-5-3-4-6-17(13)22(15)2)19(23)14-7-8-16-18(10-14)24-12-20-16/h3-10,12H,11H2,1-2H3. The lowest BCUT2D eigenvalue weighted by atomic mass is 10.2. The topological polar surface area (TPSA) is 38.1 Å². The van der Waals surface area contributed by atoms with Crippen LogP contribution in [0.5, 0.6) is 0 Å². The average Bonchev–Trinajstić information content (AvgIpc) is 3.19. The van der Waals surface area contributed by atoms with Gasteiger partial charge in [0.1, 0.15) is 0 Å². The molecule has 0 unspecified atom stereocenters. The molecule has 0 fully saturated rings. The minimum absolute atomic E-state index is 0.0237. The molecule has 4 rings (SSSR count). The number of para-hydroxylation sites is 1. The first-order chi connectivity index (χ1) is 11.6. The molecule has 0 aliphatic heterocycles. The van der Waals surface area contributed by atoms with E-state index < -0.39 is 0 Å². The van der Waals surface area contributed by atoms with E-state index in [-0.39, 0.29) is 5.91 Å². The Balaban J connectivity index is 1.61. The molecule has 24 heavy (non-hydrogen) atoms. The predicted molar refractivity (Wildman–Crippen MR) is 98.3 cm³/mol. The normalized spacial score (nSPS) is 11.2. The minimum atomic E-state index is 0.0237. The molecule has 0 spiro atoms. The number of carbonyl (C=O) groups excluding carboxylic acids is 1. The highest BCUT2D eigenvalue weighted by atomic mass is 32.1. The molecular formula is C19H17N3OS. The zero-order valence-electron chi connectivity index (χ0n) is 13.6. The minimum Gasteiger partial charge on any atom is -0.346 e. The third-order valence-electron chi connectivity index (χ3n) is 4.38. The lowest BCUT2D eigenvalue weighted by molar-refractivity contribution is 0.0782. The lowest BCUT2D eigenvalue weighted by Gasteiger charge is -2.18. The second-order valence-corrected chi connectivity index (χ2v) is 6.84. The number of aromatic nitrogens is 2. The van der Waals surface area contributed by atoms with E-state index >= 15 is 0 Å². The summed E-state index contributed by atoms with van der Waals surface area (Å²) in [6, 6.07) is 16.1. The monoisotopic (exact) mass is 335 g/mol. The average molecular weight is 335 g/mol. The zero-order valence-corrected chi connectivity index (χ0v) is 14.4. The first-order valence-corrected chi connectivity index (χ1v) is 8.63. The van der Waals surface area contributed by atoms with Gasteiger partial charge in [-0.15, -0.1) is 11.3 Å². The highest BCUT2D eigenvalue weighted by molar-refractivity contribution is 7.16. The van der Waals surface area contributed by atoms with Gasteiger partial charge in [-0.25, -0.2) is 4.98 Å². The molecule has 5 heteroatoms. The van der Waals surface area contributed by atoms with E-state index in [0.29, 0.717) is 12.1 Å². The highest BCUT2D eigenvalue weighted by Gasteiger charge is 2.15. The number of rotatable bonds is 3. The van der Waals surface area contributed by atoms with E-state index in [1.807, 2.05) is 44.4 Å². The van der Waals surface area contributed by atoms with Gasteiger partial charge in [0.25, 0.3) is 5.91 Å². The van der Waals surface area contributed by atoms with Crippen molar-refractivity contribution in [2.45, 2.75) is 6.54 Å². The molecule has 2 aromatic carbocycles. The Hall–Kier alpha value is -2.66. The van der Waals surface area contributed by atoms with E-state index in [1.165, 1.54) is 10.9 Å². The Kier molecular flexibility index (Phi) is 3.58. The van der Waals surface area contributed by atoms with Crippen LogP contribution in [0.2, 0.25) is 0 Å². The molecule has 0 aliphatic carbocycles. The van der Waals surface area contributed by atoms with Gasteiger partial charge in [-0.2, -0.15) is 0 Å². The molecule has 120 valence electrons. The van der Waals surface area contributed by atoms with E-state index in [4.69, 9.17) is 0 Å². The van der Waals surface area contributed by atoms with Crippen molar-refractivity contribution in [2.24, 2.45) is 7.05 Å². The molecule has 0 saturated heterocycles. The second-order valence-electron chi connectivity index (χ2n) is 5.95. The van der Waals surface area contributed by atoms with Crippen LogP contribution in [0, 0.1) is 0 Å². The summed E-state index contributed by atoms with van der Waals surface area (Å²) >= 11 is 1.55. The van der Waals surface area contributed by atoms with Gasteiger partial charge in [0.15, 0.2) is 0 Å². The van der Waals surface area contributed by atoms with Crippen LogP contribution in [-0.4, -0.2) is 27.4 Å². The number of thiazole rings is 1. The summed E-state index contributed by atoms with van der Waals surface area (Å²) in [6.45, 7) is 0.574. The fourth-order valence-corrected chi connectivity index (χ4v) is 3.74. The first kappa shape index (κ1) is 14.9. The largest absolute Gasteiger partial charge is 0.346 e. The Labute approximate surface area is 144 Å². The van der Waals surface area contributed by atoms with Gasteiger partial charge in [0.2, 0.25) is 0 Å². The molecule has 4 nitrogen and oxygen atoms in total. The van der Waals surface area contributed by atoms with Crippen LogP contribution in [-0.2, 0) is 13.6 Å². The van der Waals surface area contributed by atoms with Crippen molar-refractivity contribution in [3.8, 4) is 0 Å². The van der Waals surface area contributed by atoms with Gasteiger partial charge in [0, 0.05) is 30.9 Å². The third kappa shape index (κ3) is 2.47. The van der Waals surface area contributed by atoms with Crippen molar-refractivity contribution >= 4 is 38.4 Å². The number of hydrogen-bond donors (Lipinski definition) is 0. The molecule has 2 heterocycles. The number of hydrogen-bond acceptors (Lipinski definition) is 3. The molecule has 0 bridgehead atoms. The number of carbonyl (C=O) groups is 1. The molecule has 1 amide bonds. The lowest BCUT2D eigenvalue weighted by Crippen LogP contribution is -2.27. The summed E-state index contributed by atoms with van der Waals surface area (Å²) < 4.78 is 3.18. The highest BCUT2D eigenvalue weighted by Crippen LogP contribution is 2.22. The number of nitrogens with zero attached hydrogens (tertiary/aromatic N) is 3. The summed E-state index contributed by atoms with van der Waals surface area (Å²) in [5.41, 5.74) is 5.74. The van der Waals surface area contributed by atoms with Gasteiger partial charge >= 0.3 is 0 Å². The van der Waals surface area contributed by atoms with Crippen LogP contribution in [0.25, 0.3) is 21.1 Å². The van der Waals surface area contributed by atoms with Gasteiger partial charge in [-0.05, 0) is 35.7 Å². The van der Waals surface area contributed by atoms with Crippen molar-refractivity contribution in [3.63, 3.8) is 0 Å². The number of aryl methyl sites for hydroxylation is 1. The first-order valence-electron chi connectivity index (χ1n) is 7.75. The predicted octanol–water partition coefficient (Wildman–Crippen LogP) is 4.06. The van der Waals surface area contributed by atoms with Crippen molar-refractivity contribution in [2.75, 3.05) is 7.05 Å². The maximum atomic E-state index is 12.7. The molecule has 0 N–H and O–H groups in total. The van der Waals surface area contributed by atoms with Crippen molar-refractivity contribution in [3.05, 3.63) is 65.3 Å². The molecule has 2 aromatic heterocycles. The van der Waals surface area contributed by atoms with Crippen LogP contribution in [0.15, 0.2) is 54.0 Å². The molecule has 0 saturated carbocycles. The van der Waals surface area contributed by atoms with E-state index in [0.717, 1.165) is 15.9 Å². The van der Waals surface area contributed by atoms with Crippen LogP contribution in [0.4, 0.5) is 0 Å². The molecule has 4 aromatic rings. The Morgan fingerprint density at radius 1 is 1.21 bits per heavy atom. The quantitative estimate of drug-likeness (QED) is 0.566. The molecule has 0 aliphatic rings. The van der Waals surface area contributed by atoms with Crippen LogP contribution < -0.4 is 0 Å². The Bertz CT molecular complexity index is 1050. The number of fused-ring (bicyclic) bond motifs is 2. The summed E-state index contributed by atoms with van der Waals surface area (Å²) in [7, 11) is 3.89. The molecular weight excluding hydrogens is 318 g/mol. The summed E-state index contributed by atoms with van der Waals surface area (Å²) in [5.74, 6) is 0.0237. The second kappa shape index (κ2) is 5.76. The fourth-order valence-electron chi connectivity index (χ4n) is 3.02. The zero-order chi connectivity index (χ0) is 16.7. The number of amides is 1. The third-order valence-corrected chi connectivity index (χ3v) is 5.17. The summed E-state index contributed by atoms with van der Waals surface area (Å²) in [6.07, 6.45) is 0. The van der Waals surface area contributed by atoms with E-state index in [1.54, 1.807) is 21.7 Å². The van der Waals surface area contributed by atoms with Crippen LogP contribution >= 0.6 is 11.3 Å². The Morgan fingerprint density at radius 2 is 2.04 bits per heavy atom. The summed E-state index contributed by atoms with van der Waals surface area (Å²) in [5, 5.41) is 1.20. The van der Waals surface area contributed by atoms with E-state index in [2.05, 4.69) is 27.8 Å². The van der Waals surface area contributed by atoms with Gasteiger partial charge in [-0.3, -0.25) is 4.79 Å². The maximum absolute atomic E-state index is 12.7. The SMILES string of the molecule is CN(Cc1cc2ccccc2n1C)C(=O)c1ccc2ncsc2c1. The van der Waals surface area contributed by atoms with Gasteiger partial charge in [0.05, 0.1) is 22.3 Å². The molecule has 0 radical (unpaired) electrons. The van der Waals surface area contributed by atoms with Crippen LogP contribution in [0.3, 0.4) is 0 Å². The Morgan fingerprint density at radius 3 is 2.88 bits per heavy atom. The fraction of sp³-hybridized carbons (Fsp3) is 0.158. The molecule has 0 atom stereocenters. The van der Waals surface area contributed by atoms with Crippen molar-refractivity contribution in [1.29, 1.82) is 0 Å². The van der Waals surface area contributed by atoms with Crippen molar-refractivity contribution < 1.29 is 4.79 Å². The van der Waals surface area contributed by atoms with Crippen molar-refractivity contribution in [1.82, 2.24) is 14.5 Å². The van der Waals surface area contributed by atoms with Gasteiger partial charge in [-0.1, -0.05) is 18.2 Å². The number of benzene rings is 2. The summed E-state index contributed by atoms with van der Waals surface area (Å²) in [4.78, 5) is 18.8. The maximum Gasteiger partial charge on any atom is 0.253 e. The van der Waals surface area contributed by atoms with E-state index in [9.17, 15) is 4.79 Å². The smallest absolute Gasteiger partial charge is 0.253 e. The van der Waals surface area contributed by atoms with Gasteiger partial charge < -0.3 is 9.47 Å².